The molecule has 0 radical (unpaired) electrons. The van der Waals surface area contributed by atoms with Gasteiger partial charge in [0.15, 0.2) is 0 Å². The molecule has 26 heavy (non-hydrogen) atoms. The smallest absolute Gasteiger partial charge is 0.150 e. The normalized spacial score (nSPS) is 24.3. The van der Waals surface area contributed by atoms with Gasteiger partial charge in [-0.1, -0.05) is 42.8 Å². The second kappa shape index (κ2) is 6.40. The maximum absolute atomic E-state index is 11.8. The molecule has 1 aliphatic heterocycles. The summed E-state index contributed by atoms with van der Waals surface area (Å²) >= 11 is 0. The second-order valence-electron chi connectivity index (χ2n) is 7.98. The minimum Gasteiger partial charge on any atom is -0.366 e. The van der Waals surface area contributed by atoms with E-state index in [4.69, 9.17) is 4.74 Å². The van der Waals surface area contributed by atoms with Crippen molar-refractivity contribution in [3.63, 3.8) is 0 Å². The summed E-state index contributed by atoms with van der Waals surface area (Å²) in [6.45, 7) is 7.14. The summed E-state index contributed by atoms with van der Waals surface area (Å²) in [6.07, 6.45) is 9.37. The summed E-state index contributed by atoms with van der Waals surface area (Å²) in [5.41, 5.74) is 6.26. The van der Waals surface area contributed by atoms with Crippen LogP contribution >= 0.6 is 0 Å². The van der Waals surface area contributed by atoms with Gasteiger partial charge in [0.25, 0.3) is 0 Å². The van der Waals surface area contributed by atoms with E-state index in [0.717, 1.165) is 52.4 Å². The molecular formula is C23H25NO2. The Hall–Kier alpha value is -2.39. The molecule has 1 aliphatic carbocycles. The molecule has 2 aromatic rings. The number of fused-ring (bicyclic) bond motifs is 5. The number of allylic oxidation sites excluding steroid dienone is 2. The highest BCUT2D eigenvalue weighted by Crippen LogP contribution is 2.47. The van der Waals surface area contributed by atoms with Crippen molar-refractivity contribution in [2.24, 2.45) is 5.41 Å². The van der Waals surface area contributed by atoms with E-state index >= 15 is 0 Å². The molecule has 4 rings (SSSR count). The van der Waals surface area contributed by atoms with Crippen LogP contribution in [0.15, 0.2) is 53.1 Å². The van der Waals surface area contributed by atoms with Crippen molar-refractivity contribution >= 4 is 23.3 Å². The lowest BCUT2D eigenvalue weighted by molar-refractivity contribution is -0.104. The zero-order valence-electron chi connectivity index (χ0n) is 15.6. The number of ether oxygens (including phenoxy) is 1. The first-order valence-electron chi connectivity index (χ1n) is 9.26. The van der Waals surface area contributed by atoms with Gasteiger partial charge in [0.1, 0.15) is 12.4 Å². The van der Waals surface area contributed by atoms with Gasteiger partial charge in [0.2, 0.25) is 0 Å². The van der Waals surface area contributed by atoms with Gasteiger partial charge in [-0.2, -0.15) is 0 Å². The Bertz CT molecular complexity index is 956. The van der Waals surface area contributed by atoms with Crippen LogP contribution < -0.4 is 0 Å². The van der Waals surface area contributed by atoms with E-state index in [-0.39, 0.29) is 11.5 Å². The van der Waals surface area contributed by atoms with Gasteiger partial charge in [0, 0.05) is 27.5 Å². The largest absolute Gasteiger partial charge is 0.366 e. The van der Waals surface area contributed by atoms with Crippen molar-refractivity contribution in [1.82, 2.24) is 4.98 Å². The number of carbonyl (C=O) groups excluding carboxylic acids is 1. The fourth-order valence-electron chi connectivity index (χ4n) is 4.05. The molecule has 0 spiro atoms. The lowest BCUT2D eigenvalue weighted by atomic mass is 9.77. The third kappa shape index (κ3) is 2.86. The summed E-state index contributed by atoms with van der Waals surface area (Å²) < 4.78 is 6.32. The Kier molecular flexibility index (Phi) is 4.20. The van der Waals surface area contributed by atoms with Crippen molar-refractivity contribution in [3.8, 4) is 0 Å². The van der Waals surface area contributed by atoms with Gasteiger partial charge in [-0.25, -0.2) is 0 Å². The number of nitrogens with one attached hydrogen (secondary N) is 1. The third-order valence-electron chi connectivity index (χ3n) is 5.43. The van der Waals surface area contributed by atoms with Gasteiger partial charge < -0.3 is 9.72 Å². The molecule has 1 aromatic carbocycles. The SMILES string of the molecule is CC(C)=CCC[C@@]1(C)C=C2C(C=O)=Cc3c([nH]c4ccccc34)[C@@H]2OC1. The lowest BCUT2D eigenvalue weighted by Gasteiger charge is -2.37. The van der Waals surface area contributed by atoms with E-state index in [1.807, 2.05) is 18.2 Å². The summed E-state index contributed by atoms with van der Waals surface area (Å²) in [7, 11) is 0. The number of hydrogen-bond donors (Lipinski definition) is 1. The molecule has 0 unspecified atom stereocenters. The fourth-order valence-corrected chi connectivity index (χ4v) is 4.05. The van der Waals surface area contributed by atoms with Gasteiger partial charge in [0.05, 0.1) is 12.3 Å². The highest BCUT2D eigenvalue weighted by molar-refractivity contribution is 5.99. The van der Waals surface area contributed by atoms with Crippen molar-refractivity contribution in [2.75, 3.05) is 6.61 Å². The molecule has 134 valence electrons. The zero-order valence-corrected chi connectivity index (χ0v) is 15.6. The van der Waals surface area contributed by atoms with Crippen molar-refractivity contribution in [1.29, 1.82) is 0 Å². The molecular weight excluding hydrogens is 322 g/mol. The predicted octanol–water partition coefficient (Wildman–Crippen LogP) is 5.51. The molecule has 0 fully saturated rings. The Morgan fingerprint density at radius 3 is 2.92 bits per heavy atom. The standard InChI is InChI=1S/C23H25NO2/c1-15(2)7-6-10-23(3)12-19-16(13-25)11-18-17-8-4-5-9-20(17)24-21(18)22(19)26-14-23/h4-5,7-9,11-13,22,24H,6,10,14H2,1-3H3/t22-,23+/m1/s1. The number of H-pyrrole nitrogens is 1. The monoisotopic (exact) mass is 347 g/mol. The second-order valence-corrected chi connectivity index (χ2v) is 7.98. The molecule has 3 heteroatoms. The van der Waals surface area contributed by atoms with Crippen LogP contribution in [0.25, 0.3) is 17.0 Å². The number of aromatic nitrogens is 1. The maximum atomic E-state index is 11.8. The van der Waals surface area contributed by atoms with Crippen molar-refractivity contribution in [2.45, 2.75) is 39.7 Å². The van der Waals surface area contributed by atoms with Gasteiger partial charge in [-0.3, -0.25) is 4.79 Å². The minimum atomic E-state index is -0.181. The highest BCUT2D eigenvalue weighted by Gasteiger charge is 2.37. The Labute approximate surface area is 154 Å². The first kappa shape index (κ1) is 17.0. The average Bonchev–Trinajstić information content (AvgIpc) is 2.99. The fraction of sp³-hybridized carbons (Fsp3) is 0.348. The van der Waals surface area contributed by atoms with Crippen LogP contribution in [-0.4, -0.2) is 17.9 Å². The number of aldehydes is 1. The number of para-hydroxylation sites is 1. The molecule has 2 atom stereocenters. The van der Waals surface area contributed by atoms with E-state index in [2.05, 4.69) is 50.0 Å². The highest BCUT2D eigenvalue weighted by atomic mass is 16.5. The molecule has 2 aliphatic rings. The summed E-state index contributed by atoms with van der Waals surface area (Å²) in [4.78, 5) is 15.3. The average molecular weight is 347 g/mol. The number of carbonyl (C=O) groups is 1. The van der Waals surface area contributed by atoms with E-state index in [1.165, 1.54) is 5.57 Å². The molecule has 0 saturated carbocycles. The lowest BCUT2D eigenvalue weighted by Crippen LogP contribution is -2.31. The van der Waals surface area contributed by atoms with E-state index in [9.17, 15) is 4.79 Å². The molecule has 2 heterocycles. The van der Waals surface area contributed by atoms with Gasteiger partial charge in [-0.05, 0) is 44.4 Å². The summed E-state index contributed by atoms with van der Waals surface area (Å²) in [5, 5.41) is 1.14. The molecule has 3 nitrogen and oxygen atoms in total. The van der Waals surface area contributed by atoms with Crippen LogP contribution in [0.5, 0.6) is 0 Å². The van der Waals surface area contributed by atoms with Crippen molar-refractivity contribution in [3.05, 3.63) is 64.4 Å². The molecule has 0 amide bonds. The van der Waals surface area contributed by atoms with Gasteiger partial charge in [-0.15, -0.1) is 0 Å². The van der Waals surface area contributed by atoms with Crippen LogP contribution in [0.2, 0.25) is 0 Å². The zero-order chi connectivity index (χ0) is 18.3. The van der Waals surface area contributed by atoms with Crippen LogP contribution in [0.3, 0.4) is 0 Å². The number of hydrogen-bond acceptors (Lipinski definition) is 2. The topological polar surface area (TPSA) is 42.1 Å². The first-order valence-corrected chi connectivity index (χ1v) is 9.26. The Balaban J connectivity index is 1.76. The van der Waals surface area contributed by atoms with Crippen LogP contribution in [0.1, 0.15) is 51.0 Å². The van der Waals surface area contributed by atoms with Crippen LogP contribution in [-0.2, 0) is 9.53 Å². The Morgan fingerprint density at radius 2 is 2.15 bits per heavy atom. The van der Waals surface area contributed by atoms with Crippen LogP contribution in [0, 0.1) is 5.41 Å². The van der Waals surface area contributed by atoms with Crippen molar-refractivity contribution < 1.29 is 9.53 Å². The summed E-state index contributed by atoms with van der Waals surface area (Å²) in [6, 6.07) is 8.20. The molecule has 1 N–H and O–H groups in total. The molecule has 1 aromatic heterocycles. The summed E-state index contributed by atoms with van der Waals surface area (Å²) in [5.74, 6) is 0. The van der Waals surface area contributed by atoms with E-state index in [1.54, 1.807) is 0 Å². The predicted molar refractivity (Wildman–Crippen MR) is 106 cm³/mol. The maximum Gasteiger partial charge on any atom is 0.150 e. The quantitative estimate of drug-likeness (QED) is 0.585. The number of rotatable bonds is 4. The van der Waals surface area contributed by atoms with Crippen LogP contribution in [0.4, 0.5) is 0 Å². The number of aromatic amines is 1. The minimum absolute atomic E-state index is 0.0522. The molecule has 0 saturated heterocycles. The number of benzene rings is 1. The van der Waals surface area contributed by atoms with Gasteiger partial charge >= 0.3 is 0 Å². The van der Waals surface area contributed by atoms with E-state index < -0.39 is 0 Å². The third-order valence-corrected chi connectivity index (χ3v) is 5.43. The molecule has 0 bridgehead atoms. The van der Waals surface area contributed by atoms with E-state index in [0.29, 0.717) is 6.61 Å². The first-order chi connectivity index (χ1) is 12.5. The Morgan fingerprint density at radius 1 is 1.35 bits per heavy atom.